The van der Waals surface area contributed by atoms with Gasteiger partial charge in [-0.05, 0) is 32.0 Å². The van der Waals surface area contributed by atoms with Gasteiger partial charge in [-0.2, -0.15) is 0 Å². The number of anilines is 1. The molecule has 1 aromatic carbocycles. The normalized spacial score (nSPS) is 10.7. The van der Waals surface area contributed by atoms with Crippen LogP contribution in [0.3, 0.4) is 0 Å². The highest BCUT2D eigenvalue weighted by molar-refractivity contribution is 6.44. The molecule has 3 nitrogen and oxygen atoms in total. The van der Waals surface area contributed by atoms with Gasteiger partial charge in [-0.3, -0.25) is 4.79 Å². The number of rotatable bonds is 2. The van der Waals surface area contributed by atoms with Gasteiger partial charge in [0.15, 0.2) is 5.78 Å². The molecule has 0 unspecified atom stereocenters. The van der Waals surface area contributed by atoms with Crippen molar-refractivity contribution in [3.8, 4) is 0 Å². The Kier molecular flexibility index (Phi) is 3.37. The zero-order valence-electron chi connectivity index (χ0n) is 9.88. The summed E-state index contributed by atoms with van der Waals surface area (Å²) < 4.78 is 5.33. The number of carbonyl (C=O) groups excluding carboxylic acids is 1. The van der Waals surface area contributed by atoms with Gasteiger partial charge < -0.3 is 10.2 Å². The van der Waals surface area contributed by atoms with Gasteiger partial charge in [0.25, 0.3) is 0 Å². The van der Waals surface area contributed by atoms with Crippen LogP contribution in [0.25, 0.3) is 0 Å². The molecule has 1 aromatic heterocycles. The maximum atomic E-state index is 12.3. The highest BCUT2D eigenvalue weighted by Gasteiger charge is 2.20. The molecule has 0 atom stereocenters. The molecule has 0 aliphatic heterocycles. The average Bonchev–Trinajstić information content (AvgIpc) is 2.62. The van der Waals surface area contributed by atoms with Crippen molar-refractivity contribution in [2.75, 3.05) is 5.73 Å². The Balaban J connectivity index is 2.56. The maximum Gasteiger partial charge on any atom is 0.198 e. The Morgan fingerprint density at radius 2 is 1.83 bits per heavy atom. The SMILES string of the molecule is Cc1cc(C(=O)c2cc(N)cc(Cl)c2Cl)c(C)o1. The molecule has 0 bridgehead atoms. The van der Waals surface area contributed by atoms with Crippen LogP contribution in [0.15, 0.2) is 22.6 Å². The van der Waals surface area contributed by atoms with Crippen molar-refractivity contribution in [1.82, 2.24) is 0 Å². The Morgan fingerprint density at radius 1 is 1.17 bits per heavy atom. The van der Waals surface area contributed by atoms with Crippen LogP contribution in [-0.2, 0) is 0 Å². The van der Waals surface area contributed by atoms with Gasteiger partial charge in [0.1, 0.15) is 11.5 Å². The van der Waals surface area contributed by atoms with E-state index in [1.54, 1.807) is 19.9 Å². The molecule has 0 amide bonds. The average molecular weight is 284 g/mol. The molecule has 0 saturated heterocycles. The van der Waals surface area contributed by atoms with Crippen LogP contribution >= 0.6 is 23.2 Å². The van der Waals surface area contributed by atoms with Crippen molar-refractivity contribution in [3.05, 3.63) is 50.9 Å². The van der Waals surface area contributed by atoms with E-state index >= 15 is 0 Å². The molecule has 2 rings (SSSR count). The molecule has 0 aliphatic carbocycles. The van der Waals surface area contributed by atoms with Gasteiger partial charge in [0.05, 0.1) is 15.6 Å². The molecule has 1 heterocycles. The number of carbonyl (C=O) groups is 1. The predicted molar refractivity (Wildman–Crippen MR) is 72.5 cm³/mol. The largest absolute Gasteiger partial charge is 0.466 e. The van der Waals surface area contributed by atoms with Gasteiger partial charge in [-0.25, -0.2) is 0 Å². The van der Waals surface area contributed by atoms with E-state index in [1.165, 1.54) is 12.1 Å². The Labute approximate surface area is 114 Å². The lowest BCUT2D eigenvalue weighted by Gasteiger charge is -2.06. The summed E-state index contributed by atoms with van der Waals surface area (Å²) in [5.41, 5.74) is 6.81. The van der Waals surface area contributed by atoms with E-state index in [4.69, 9.17) is 33.4 Å². The molecule has 0 spiro atoms. The monoisotopic (exact) mass is 283 g/mol. The van der Waals surface area contributed by atoms with Crippen LogP contribution in [0.1, 0.15) is 27.4 Å². The second-order valence-corrected chi connectivity index (χ2v) is 4.81. The van der Waals surface area contributed by atoms with E-state index in [0.29, 0.717) is 22.8 Å². The zero-order valence-corrected chi connectivity index (χ0v) is 11.4. The lowest BCUT2D eigenvalue weighted by molar-refractivity contribution is 0.103. The summed E-state index contributed by atoms with van der Waals surface area (Å²) >= 11 is 11.9. The zero-order chi connectivity index (χ0) is 13.4. The first-order chi connectivity index (χ1) is 8.40. The highest BCUT2D eigenvalue weighted by atomic mass is 35.5. The standard InChI is InChI=1S/C13H11Cl2NO2/c1-6-3-9(7(2)18-6)13(17)10-4-8(16)5-11(14)12(10)15/h3-5H,16H2,1-2H3. The summed E-state index contributed by atoms with van der Waals surface area (Å²) in [5.74, 6) is 0.970. The van der Waals surface area contributed by atoms with Crippen molar-refractivity contribution in [3.63, 3.8) is 0 Å². The topological polar surface area (TPSA) is 56.2 Å². The summed E-state index contributed by atoms with van der Waals surface area (Å²) in [6.07, 6.45) is 0. The third-order valence-corrected chi connectivity index (χ3v) is 3.38. The molecule has 0 fully saturated rings. The first-order valence-electron chi connectivity index (χ1n) is 5.26. The second-order valence-electron chi connectivity index (χ2n) is 4.02. The Hall–Kier alpha value is -1.45. The van der Waals surface area contributed by atoms with Crippen LogP contribution in [0, 0.1) is 13.8 Å². The number of nitrogens with two attached hydrogens (primary N) is 1. The first-order valence-corrected chi connectivity index (χ1v) is 6.02. The highest BCUT2D eigenvalue weighted by Crippen LogP contribution is 2.31. The lowest BCUT2D eigenvalue weighted by Crippen LogP contribution is -2.04. The van der Waals surface area contributed by atoms with Crippen molar-refractivity contribution < 1.29 is 9.21 Å². The van der Waals surface area contributed by atoms with Crippen LogP contribution in [0.5, 0.6) is 0 Å². The predicted octanol–water partition coefficient (Wildman–Crippen LogP) is 4.02. The van der Waals surface area contributed by atoms with Crippen molar-refractivity contribution in [2.24, 2.45) is 0 Å². The molecular weight excluding hydrogens is 273 g/mol. The molecule has 0 aliphatic rings. The summed E-state index contributed by atoms with van der Waals surface area (Å²) in [7, 11) is 0. The van der Waals surface area contributed by atoms with E-state index in [1.807, 2.05) is 0 Å². The quantitative estimate of drug-likeness (QED) is 0.669. The minimum Gasteiger partial charge on any atom is -0.466 e. The third-order valence-electron chi connectivity index (χ3n) is 2.58. The number of aryl methyl sites for hydroxylation is 2. The van der Waals surface area contributed by atoms with Crippen molar-refractivity contribution in [1.29, 1.82) is 0 Å². The van der Waals surface area contributed by atoms with E-state index in [-0.39, 0.29) is 21.4 Å². The Morgan fingerprint density at radius 3 is 2.39 bits per heavy atom. The van der Waals surface area contributed by atoms with E-state index < -0.39 is 0 Å². The van der Waals surface area contributed by atoms with Gasteiger partial charge >= 0.3 is 0 Å². The molecule has 2 aromatic rings. The van der Waals surface area contributed by atoms with E-state index in [2.05, 4.69) is 0 Å². The smallest absolute Gasteiger partial charge is 0.198 e. The van der Waals surface area contributed by atoms with Gasteiger partial charge in [0, 0.05) is 11.3 Å². The van der Waals surface area contributed by atoms with E-state index in [0.717, 1.165) is 0 Å². The third kappa shape index (κ3) is 2.24. The second kappa shape index (κ2) is 4.67. The molecule has 5 heteroatoms. The van der Waals surface area contributed by atoms with Crippen LogP contribution < -0.4 is 5.73 Å². The van der Waals surface area contributed by atoms with E-state index in [9.17, 15) is 4.79 Å². The molecular formula is C13H11Cl2NO2. The van der Waals surface area contributed by atoms with Gasteiger partial charge in [0.2, 0.25) is 0 Å². The number of ketones is 1. The summed E-state index contributed by atoms with van der Waals surface area (Å²) in [5, 5.41) is 0.465. The van der Waals surface area contributed by atoms with Crippen molar-refractivity contribution in [2.45, 2.75) is 13.8 Å². The summed E-state index contributed by atoms with van der Waals surface area (Å²) in [4.78, 5) is 12.3. The summed E-state index contributed by atoms with van der Waals surface area (Å²) in [6.45, 7) is 3.50. The first kappa shape index (κ1) is 13.0. The summed E-state index contributed by atoms with van der Waals surface area (Å²) in [6, 6.07) is 4.69. The molecule has 0 radical (unpaired) electrons. The van der Waals surface area contributed by atoms with Crippen LogP contribution in [0.2, 0.25) is 10.0 Å². The number of hydrogen-bond donors (Lipinski definition) is 1. The van der Waals surface area contributed by atoms with Gasteiger partial charge in [-0.1, -0.05) is 23.2 Å². The maximum absolute atomic E-state index is 12.3. The number of halogens is 2. The Bertz CT molecular complexity index is 632. The van der Waals surface area contributed by atoms with Gasteiger partial charge in [-0.15, -0.1) is 0 Å². The molecule has 0 saturated carbocycles. The number of nitrogen functional groups attached to an aromatic ring is 1. The molecule has 2 N–H and O–H groups in total. The number of hydrogen-bond acceptors (Lipinski definition) is 3. The molecule has 18 heavy (non-hydrogen) atoms. The molecule has 94 valence electrons. The number of benzene rings is 1. The van der Waals surface area contributed by atoms with Crippen LogP contribution in [-0.4, -0.2) is 5.78 Å². The lowest BCUT2D eigenvalue weighted by atomic mass is 10.0. The van der Waals surface area contributed by atoms with Crippen molar-refractivity contribution >= 4 is 34.7 Å². The fourth-order valence-corrected chi connectivity index (χ4v) is 2.20. The minimum atomic E-state index is -0.247. The number of furan rings is 1. The minimum absolute atomic E-state index is 0.203. The fourth-order valence-electron chi connectivity index (χ4n) is 1.78. The van der Waals surface area contributed by atoms with Crippen LogP contribution in [0.4, 0.5) is 5.69 Å². The fraction of sp³-hybridized carbons (Fsp3) is 0.154.